The molecule has 0 saturated heterocycles. The SMILES string of the molecule is O=C(NC1CC1)c1ccc2c(c1)N(Cc1ccc(F)cc1)C(=O)/C(=C/c1ccccc1)S2. The minimum atomic E-state index is -0.321. The van der Waals surface area contributed by atoms with Gasteiger partial charge in [-0.15, -0.1) is 0 Å². The first-order valence-corrected chi connectivity index (χ1v) is 11.3. The van der Waals surface area contributed by atoms with E-state index >= 15 is 0 Å². The molecule has 3 aromatic carbocycles. The first-order valence-electron chi connectivity index (χ1n) is 10.5. The van der Waals surface area contributed by atoms with Crippen molar-refractivity contribution < 1.29 is 14.0 Å². The second-order valence-electron chi connectivity index (χ2n) is 7.97. The van der Waals surface area contributed by atoms with E-state index in [0.717, 1.165) is 28.9 Å². The lowest BCUT2D eigenvalue weighted by atomic mass is 10.1. The van der Waals surface area contributed by atoms with Gasteiger partial charge >= 0.3 is 0 Å². The van der Waals surface area contributed by atoms with Gasteiger partial charge in [0.15, 0.2) is 0 Å². The molecule has 0 unspecified atom stereocenters. The van der Waals surface area contributed by atoms with Crippen LogP contribution in [0.3, 0.4) is 0 Å². The zero-order chi connectivity index (χ0) is 22.1. The standard InChI is InChI=1S/C26H21FN2O2S/c27-20-9-6-18(7-10-20)16-29-22-15-19(25(30)28-21-11-12-21)8-13-23(22)32-24(26(29)31)14-17-4-2-1-3-5-17/h1-10,13-15,21H,11-12,16H2,(H,28,30)/b24-14-. The van der Waals surface area contributed by atoms with Gasteiger partial charge in [0, 0.05) is 16.5 Å². The Morgan fingerprint density at radius 1 is 1.06 bits per heavy atom. The number of carbonyl (C=O) groups is 2. The molecular formula is C26H21FN2O2S. The van der Waals surface area contributed by atoms with E-state index < -0.39 is 0 Å². The first kappa shape index (κ1) is 20.5. The van der Waals surface area contributed by atoms with E-state index in [0.29, 0.717) is 16.2 Å². The number of amides is 2. The lowest BCUT2D eigenvalue weighted by Crippen LogP contribution is -2.34. The summed E-state index contributed by atoms with van der Waals surface area (Å²) in [6.07, 6.45) is 3.89. The fourth-order valence-electron chi connectivity index (χ4n) is 3.58. The van der Waals surface area contributed by atoms with Crippen LogP contribution in [-0.4, -0.2) is 17.9 Å². The van der Waals surface area contributed by atoms with Gasteiger partial charge < -0.3 is 10.2 Å². The van der Waals surface area contributed by atoms with Crippen molar-refractivity contribution in [1.82, 2.24) is 5.32 Å². The third-order valence-electron chi connectivity index (χ3n) is 5.45. The fourth-order valence-corrected chi connectivity index (χ4v) is 4.62. The van der Waals surface area contributed by atoms with Gasteiger partial charge in [0.1, 0.15) is 5.82 Å². The number of halogens is 1. The molecule has 1 aliphatic heterocycles. The fraction of sp³-hybridized carbons (Fsp3) is 0.154. The Morgan fingerprint density at radius 2 is 1.81 bits per heavy atom. The summed E-state index contributed by atoms with van der Waals surface area (Å²) in [7, 11) is 0. The maximum atomic E-state index is 13.5. The molecule has 0 atom stereocenters. The number of hydrogen-bond donors (Lipinski definition) is 1. The smallest absolute Gasteiger partial charge is 0.265 e. The Hall–Kier alpha value is -3.38. The van der Waals surface area contributed by atoms with Crippen LogP contribution >= 0.6 is 11.8 Å². The molecule has 1 saturated carbocycles. The van der Waals surface area contributed by atoms with Crippen molar-refractivity contribution in [2.24, 2.45) is 0 Å². The minimum Gasteiger partial charge on any atom is -0.349 e. The highest BCUT2D eigenvalue weighted by Gasteiger charge is 2.31. The zero-order valence-corrected chi connectivity index (χ0v) is 18.1. The Labute approximate surface area is 190 Å². The number of nitrogens with one attached hydrogen (secondary N) is 1. The van der Waals surface area contributed by atoms with E-state index in [9.17, 15) is 14.0 Å². The average molecular weight is 445 g/mol. The highest BCUT2D eigenvalue weighted by atomic mass is 32.2. The molecule has 4 nitrogen and oxygen atoms in total. The molecule has 2 aliphatic rings. The lowest BCUT2D eigenvalue weighted by Gasteiger charge is -2.31. The molecule has 1 fully saturated rings. The number of hydrogen-bond acceptors (Lipinski definition) is 3. The number of benzene rings is 3. The summed E-state index contributed by atoms with van der Waals surface area (Å²) in [5.74, 6) is -0.589. The summed E-state index contributed by atoms with van der Waals surface area (Å²) >= 11 is 1.40. The van der Waals surface area contributed by atoms with E-state index in [4.69, 9.17) is 0 Å². The van der Waals surface area contributed by atoms with E-state index in [1.165, 1.54) is 23.9 Å². The molecule has 3 aromatic rings. The minimum absolute atomic E-state index is 0.125. The number of fused-ring (bicyclic) bond motifs is 1. The maximum absolute atomic E-state index is 13.5. The molecular weight excluding hydrogens is 423 g/mol. The number of thioether (sulfide) groups is 1. The van der Waals surface area contributed by atoms with Crippen molar-refractivity contribution in [1.29, 1.82) is 0 Å². The second kappa shape index (κ2) is 8.63. The van der Waals surface area contributed by atoms with Crippen LogP contribution in [0.25, 0.3) is 6.08 Å². The molecule has 160 valence electrons. The quantitative estimate of drug-likeness (QED) is 0.536. The molecule has 6 heteroatoms. The lowest BCUT2D eigenvalue weighted by molar-refractivity contribution is -0.114. The third kappa shape index (κ3) is 4.46. The molecule has 5 rings (SSSR count). The molecule has 0 bridgehead atoms. The van der Waals surface area contributed by atoms with Crippen molar-refractivity contribution in [3.05, 3.63) is 100 Å². The first-order chi connectivity index (χ1) is 15.6. The summed E-state index contributed by atoms with van der Waals surface area (Å²) in [5.41, 5.74) is 2.97. The normalized spacial score (nSPS) is 16.7. The monoisotopic (exact) mass is 444 g/mol. The van der Waals surface area contributed by atoms with Crippen LogP contribution in [0, 0.1) is 5.82 Å². The van der Waals surface area contributed by atoms with Gasteiger partial charge in [-0.05, 0) is 60.4 Å². The predicted octanol–water partition coefficient (Wildman–Crippen LogP) is 5.40. The zero-order valence-electron chi connectivity index (χ0n) is 17.3. The van der Waals surface area contributed by atoms with Crippen LogP contribution < -0.4 is 10.2 Å². The Bertz CT molecular complexity index is 1200. The summed E-state index contributed by atoms with van der Waals surface area (Å²) in [4.78, 5) is 29.3. The van der Waals surface area contributed by atoms with Gasteiger partial charge in [0.05, 0.1) is 17.1 Å². The van der Waals surface area contributed by atoms with Gasteiger partial charge in [-0.25, -0.2) is 4.39 Å². The van der Waals surface area contributed by atoms with Crippen molar-refractivity contribution in [3.8, 4) is 0 Å². The molecule has 0 spiro atoms. The number of nitrogens with zero attached hydrogens (tertiary/aromatic N) is 1. The van der Waals surface area contributed by atoms with Crippen LogP contribution in [0.2, 0.25) is 0 Å². The van der Waals surface area contributed by atoms with E-state index in [1.54, 1.807) is 29.2 Å². The van der Waals surface area contributed by atoms with Crippen LogP contribution in [0.4, 0.5) is 10.1 Å². The Kier molecular flexibility index (Phi) is 5.53. The molecule has 1 aliphatic carbocycles. The number of anilines is 1. The van der Waals surface area contributed by atoms with E-state index in [1.807, 2.05) is 42.5 Å². The highest BCUT2D eigenvalue weighted by molar-refractivity contribution is 8.04. The van der Waals surface area contributed by atoms with Crippen molar-refractivity contribution in [2.75, 3.05) is 4.90 Å². The third-order valence-corrected chi connectivity index (χ3v) is 6.53. The van der Waals surface area contributed by atoms with E-state index in [2.05, 4.69) is 5.32 Å². The molecule has 32 heavy (non-hydrogen) atoms. The average Bonchev–Trinajstić information content (AvgIpc) is 3.62. The summed E-state index contributed by atoms with van der Waals surface area (Å²) < 4.78 is 13.4. The highest BCUT2D eigenvalue weighted by Crippen LogP contribution is 2.43. The van der Waals surface area contributed by atoms with Crippen LogP contribution in [0.15, 0.2) is 82.6 Å². The molecule has 1 N–H and O–H groups in total. The van der Waals surface area contributed by atoms with Gasteiger partial charge in [-0.2, -0.15) is 0 Å². The van der Waals surface area contributed by atoms with E-state index in [-0.39, 0.29) is 30.2 Å². The topological polar surface area (TPSA) is 49.4 Å². The van der Waals surface area contributed by atoms with Crippen molar-refractivity contribution in [2.45, 2.75) is 30.3 Å². The predicted molar refractivity (Wildman–Crippen MR) is 125 cm³/mol. The molecule has 0 radical (unpaired) electrons. The van der Waals surface area contributed by atoms with Gasteiger partial charge in [-0.3, -0.25) is 9.59 Å². The maximum Gasteiger partial charge on any atom is 0.265 e. The molecule has 1 heterocycles. The van der Waals surface area contributed by atoms with Crippen molar-refractivity contribution in [3.63, 3.8) is 0 Å². The molecule has 2 amide bonds. The summed E-state index contributed by atoms with van der Waals surface area (Å²) in [6.45, 7) is 0.284. The number of carbonyl (C=O) groups excluding carboxylic acids is 2. The van der Waals surface area contributed by atoms with Gasteiger partial charge in [0.25, 0.3) is 11.8 Å². The Balaban J connectivity index is 1.53. The summed E-state index contributed by atoms with van der Waals surface area (Å²) in [5, 5.41) is 3.00. The largest absolute Gasteiger partial charge is 0.349 e. The number of rotatable bonds is 5. The molecule has 0 aromatic heterocycles. The summed E-state index contributed by atoms with van der Waals surface area (Å²) in [6, 6.07) is 21.5. The van der Waals surface area contributed by atoms with Crippen LogP contribution in [0.5, 0.6) is 0 Å². The van der Waals surface area contributed by atoms with Crippen LogP contribution in [0.1, 0.15) is 34.3 Å². The van der Waals surface area contributed by atoms with Gasteiger partial charge in [-0.1, -0.05) is 54.2 Å². The van der Waals surface area contributed by atoms with Gasteiger partial charge in [0.2, 0.25) is 0 Å². The van der Waals surface area contributed by atoms with Crippen molar-refractivity contribution >= 4 is 35.3 Å². The van der Waals surface area contributed by atoms with Crippen LogP contribution in [-0.2, 0) is 11.3 Å². The Morgan fingerprint density at radius 3 is 2.53 bits per heavy atom. The second-order valence-corrected chi connectivity index (χ2v) is 9.05.